The summed E-state index contributed by atoms with van der Waals surface area (Å²) in [6.45, 7) is 2.29. The Labute approximate surface area is 104 Å². The summed E-state index contributed by atoms with van der Waals surface area (Å²) in [5.74, 6) is 0.417. The van der Waals surface area contributed by atoms with Gasteiger partial charge in [0.1, 0.15) is 23.4 Å². The molecule has 0 bridgehead atoms. The SMILES string of the molecule is Cc1cc(N2CCC(=O)CC2=O)ccc1OCl. The first-order valence-electron chi connectivity index (χ1n) is 5.33. The molecule has 4 nitrogen and oxygen atoms in total. The summed E-state index contributed by atoms with van der Waals surface area (Å²) in [6.07, 6.45) is 0.408. The van der Waals surface area contributed by atoms with E-state index in [9.17, 15) is 9.59 Å². The molecule has 1 aromatic carbocycles. The Balaban J connectivity index is 2.25. The number of amides is 1. The summed E-state index contributed by atoms with van der Waals surface area (Å²) in [6, 6.07) is 5.30. The Morgan fingerprint density at radius 2 is 2.12 bits per heavy atom. The van der Waals surface area contributed by atoms with Gasteiger partial charge in [0, 0.05) is 18.7 Å². The molecule has 17 heavy (non-hydrogen) atoms. The molecule has 1 aliphatic heterocycles. The number of anilines is 1. The first kappa shape index (κ1) is 11.9. The van der Waals surface area contributed by atoms with Gasteiger partial charge in [-0.1, -0.05) is 0 Å². The maximum Gasteiger partial charge on any atom is 0.234 e. The van der Waals surface area contributed by atoms with Crippen molar-refractivity contribution in [1.29, 1.82) is 0 Å². The van der Waals surface area contributed by atoms with E-state index < -0.39 is 0 Å². The molecule has 0 aliphatic carbocycles. The molecule has 5 heteroatoms. The third kappa shape index (κ3) is 2.42. The molecule has 0 radical (unpaired) electrons. The summed E-state index contributed by atoms with van der Waals surface area (Å²) in [4.78, 5) is 24.5. The Hall–Kier alpha value is -1.55. The number of carbonyl (C=O) groups is 2. The van der Waals surface area contributed by atoms with Crippen molar-refractivity contribution < 1.29 is 13.9 Å². The van der Waals surface area contributed by atoms with Gasteiger partial charge in [-0.05, 0) is 30.7 Å². The van der Waals surface area contributed by atoms with Gasteiger partial charge >= 0.3 is 0 Å². The van der Waals surface area contributed by atoms with E-state index in [0.29, 0.717) is 18.7 Å². The lowest BCUT2D eigenvalue weighted by Gasteiger charge is -2.26. The molecule has 0 atom stereocenters. The fraction of sp³-hybridized carbons (Fsp3) is 0.333. The van der Waals surface area contributed by atoms with Crippen molar-refractivity contribution in [1.82, 2.24) is 0 Å². The van der Waals surface area contributed by atoms with Crippen molar-refractivity contribution in [3.63, 3.8) is 0 Å². The standard InChI is InChI=1S/C12H12ClNO3/c1-8-6-9(2-3-11(8)17-13)14-5-4-10(15)7-12(14)16/h2-3,6H,4-5,7H2,1H3. The van der Waals surface area contributed by atoms with Crippen LogP contribution in [0.15, 0.2) is 18.2 Å². The Bertz CT molecular complexity index is 473. The lowest BCUT2D eigenvalue weighted by atomic mass is 10.1. The largest absolute Gasteiger partial charge is 0.385 e. The highest BCUT2D eigenvalue weighted by Gasteiger charge is 2.25. The molecule has 0 spiro atoms. The Morgan fingerprint density at radius 3 is 2.71 bits per heavy atom. The molecule has 0 aromatic heterocycles. The number of aryl methyl sites for hydroxylation is 1. The molecule has 1 amide bonds. The van der Waals surface area contributed by atoms with Crippen LogP contribution in [0, 0.1) is 6.92 Å². The smallest absolute Gasteiger partial charge is 0.234 e. The summed E-state index contributed by atoms with van der Waals surface area (Å²) >= 11 is 5.29. The number of nitrogens with zero attached hydrogens (tertiary/aromatic N) is 1. The number of carbonyl (C=O) groups excluding carboxylic acids is 2. The zero-order valence-electron chi connectivity index (χ0n) is 9.40. The van der Waals surface area contributed by atoms with E-state index in [0.717, 1.165) is 11.3 Å². The van der Waals surface area contributed by atoms with Crippen LogP contribution in [0.25, 0.3) is 0 Å². The van der Waals surface area contributed by atoms with E-state index in [4.69, 9.17) is 11.9 Å². The minimum Gasteiger partial charge on any atom is -0.385 e. The van der Waals surface area contributed by atoms with E-state index in [1.165, 1.54) is 0 Å². The maximum atomic E-state index is 11.7. The van der Waals surface area contributed by atoms with E-state index >= 15 is 0 Å². The number of halogens is 1. The van der Waals surface area contributed by atoms with Crippen molar-refractivity contribution in [2.45, 2.75) is 19.8 Å². The molecule has 0 N–H and O–H groups in total. The van der Waals surface area contributed by atoms with E-state index in [2.05, 4.69) is 4.29 Å². The van der Waals surface area contributed by atoms with Crippen molar-refractivity contribution in [2.75, 3.05) is 11.4 Å². The molecule has 0 saturated carbocycles. The number of Topliss-reactive ketones (excluding diaryl/α,β-unsaturated/α-hetero) is 1. The second-order valence-corrected chi connectivity index (χ2v) is 4.19. The Morgan fingerprint density at radius 1 is 1.35 bits per heavy atom. The van der Waals surface area contributed by atoms with Crippen LogP contribution in [0.3, 0.4) is 0 Å². The van der Waals surface area contributed by atoms with Gasteiger partial charge in [0.05, 0.1) is 6.42 Å². The molecular weight excluding hydrogens is 242 g/mol. The van der Waals surface area contributed by atoms with Crippen molar-refractivity contribution in [2.24, 2.45) is 0 Å². The van der Waals surface area contributed by atoms with Crippen LogP contribution < -0.4 is 9.19 Å². The van der Waals surface area contributed by atoms with Gasteiger partial charge in [0.25, 0.3) is 0 Å². The zero-order chi connectivity index (χ0) is 12.4. The Kier molecular flexibility index (Phi) is 3.33. The van der Waals surface area contributed by atoms with E-state index in [1.54, 1.807) is 17.0 Å². The average molecular weight is 254 g/mol. The summed E-state index contributed by atoms with van der Waals surface area (Å²) < 4.78 is 4.65. The van der Waals surface area contributed by atoms with E-state index in [-0.39, 0.29) is 18.1 Å². The summed E-state index contributed by atoms with van der Waals surface area (Å²) in [5, 5.41) is 0. The quantitative estimate of drug-likeness (QED) is 0.760. The first-order chi connectivity index (χ1) is 8.11. The highest BCUT2D eigenvalue weighted by Crippen LogP contribution is 2.27. The molecule has 0 unspecified atom stereocenters. The number of rotatable bonds is 2. The minimum atomic E-state index is -0.153. The van der Waals surface area contributed by atoms with Gasteiger partial charge in [-0.25, -0.2) is 0 Å². The zero-order valence-corrected chi connectivity index (χ0v) is 10.2. The molecule has 1 aromatic rings. The maximum absolute atomic E-state index is 11.7. The fourth-order valence-corrected chi connectivity index (χ4v) is 2.05. The van der Waals surface area contributed by atoms with Gasteiger partial charge in [0.15, 0.2) is 0 Å². The number of hydrogen-bond donors (Lipinski definition) is 0. The second kappa shape index (κ2) is 4.75. The van der Waals surface area contributed by atoms with Gasteiger partial charge in [-0.2, -0.15) is 0 Å². The van der Waals surface area contributed by atoms with E-state index in [1.807, 2.05) is 13.0 Å². The van der Waals surface area contributed by atoms with Crippen LogP contribution in [0.4, 0.5) is 5.69 Å². The number of ketones is 1. The molecule has 2 rings (SSSR count). The third-order valence-corrected chi connectivity index (χ3v) is 2.98. The first-order valence-corrected chi connectivity index (χ1v) is 5.64. The minimum absolute atomic E-state index is 0.00341. The topological polar surface area (TPSA) is 46.6 Å². The van der Waals surface area contributed by atoms with Crippen LogP contribution in [-0.2, 0) is 9.59 Å². The molecular formula is C12H12ClNO3. The summed E-state index contributed by atoms with van der Waals surface area (Å²) in [5.41, 5.74) is 1.62. The van der Waals surface area contributed by atoms with Gasteiger partial charge < -0.3 is 9.19 Å². The predicted octanol–water partition coefficient (Wildman–Crippen LogP) is 2.22. The van der Waals surface area contributed by atoms with Gasteiger partial charge in [-0.15, -0.1) is 0 Å². The monoisotopic (exact) mass is 253 g/mol. The summed E-state index contributed by atoms with van der Waals surface area (Å²) in [7, 11) is 0. The van der Waals surface area contributed by atoms with Crippen molar-refractivity contribution in [3.8, 4) is 5.75 Å². The van der Waals surface area contributed by atoms with Crippen LogP contribution in [0.2, 0.25) is 0 Å². The normalized spacial score (nSPS) is 16.2. The van der Waals surface area contributed by atoms with Gasteiger partial charge in [0.2, 0.25) is 5.91 Å². The molecule has 90 valence electrons. The van der Waals surface area contributed by atoms with Gasteiger partial charge in [-0.3, -0.25) is 9.59 Å². The van der Waals surface area contributed by atoms with Crippen molar-refractivity contribution in [3.05, 3.63) is 23.8 Å². The molecule has 1 heterocycles. The highest BCUT2D eigenvalue weighted by molar-refractivity contribution is 6.09. The number of piperidine rings is 1. The third-order valence-electron chi connectivity index (χ3n) is 2.82. The molecule has 1 saturated heterocycles. The van der Waals surface area contributed by atoms with Crippen molar-refractivity contribution >= 4 is 29.2 Å². The second-order valence-electron chi connectivity index (χ2n) is 4.04. The van der Waals surface area contributed by atoms with Crippen LogP contribution >= 0.6 is 11.9 Å². The average Bonchev–Trinajstić information content (AvgIpc) is 2.29. The molecule has 1 aliphatic rings. The predicted molar refractivity (Wildman–Crippen MR) is 64.3 cm³/mol. The highest BCUT2D eigenvalue weighted by atomic mass is 35.5. The fourth-order valence-electron chi connectivity index (χ4n) is 1.87. The van der Waals surface area contributed by atoms with Crippen LogP contribution in [0.1, 0.15) is 18.4 Å². The molecule has 1 fully saturated rings. The number of hydrogen-bond acceptors (Lipinski definition) is 3. The lowest BCUT2D eigenvalue weighted by molar-refractivity contribution is -0.128. The van der Waals surface area contributed by atoms with Crippen LogP contribution in [-0.4, -0.2) is 18.2 Å². The lowest BCUT2D eigenvalue weighted by Crippen LogP contribution is -2.39. The van der Waals surface area contributed by atoms with Crippen LogP contribution in [0.5, 0.6) is 5.75 Å². The number of benzene rings is 1.